The zero-order valence-corrected chi connectivity index (χ0v) is 17.4. The minimum atomic E-state index is -3.84. The van der Waals surface area contributed by atoms with Gasteiger partial charge in [-0.2, -0.15) is 4.72 Å². The number of nitrogens with one attached hydrogen (secondary N) is 2. The maximum atomic E-state index is 12.7. The number of carbonyl (C=O) groups is 2. The number of hydrogen-bond donors (Lipinski definition) is 2. The van der Waals surface area contributed by atoms with Gasteiger partial charge >= 0.3 is 6.03 Å². The zero-order valence-electron chi connectivity index (χ0n) is 16.6. The van der Waals surface area contributed by atoms with Crippen molar-refractivity contribution in [2.24, 2.45) is 0 Å². The van der Waals surface area contributed by atoms with Gasteiger partial charge in [0.05, 0.1) is 10.9 Å². The van der Waals surface area contributed by atoms with Gasteiger partial charge in [0.2, 0.25) is 15.9 Å². The maximum absolute atomic E-state index is 12.7. The van der Waals surface area contributed by atoms with Gasteiger partial charge in [0.15, 0.2) is 0 Å². The highest BCUT2D eigenvalue weighted by molar-refractivity contribution is 7.89. The number of fused-ring (bicyclic) bond motifs is 1. The Balaban J connectivity index is 1.74. The summed E-state index contributed by atoms with van der Waals surface area (Å²) >= 11 is 0. The number of benzene rings is 1. The van der Waals surface area contributed by atoms with Crippen LogP contribution in [0, 0.1) is 0 Å². The number of carbonyl (C=O) groups excluding carboxylic acids is 2. The Kier molecular flexibility index (Phi) is 5.95. The van der Waals surface area contributed by atoms with Crippen LogP contribution in [0.15, 0.2) is 23.1 Å². The molecule has 2 heterocycles. The van der Waals surface area contributed by atoms with E-state index in [1.54, 1.807) is 17.0 Å². The zero-order chi connectivity index (χ0) is 20.5. The molecule has 28 heavy (non-hydrogen) atoms. The lowest BCUT2D eigenvalue weighted by atomic mass is 10.2. The molecule has 9 heteroatoms. The van der Waals surface area contributed by atoms with Gasteiger partial charge in [-0.3, -0.25) is 9.69 Å². The molecule has 0 bridgehead atoms. The van der Waals surface area contributed by atoms with Crippen molar-refractivity contribution < 1.29 is 18.0 Å². The van der Waals surface area contributed by atoms with Gasteiger partial charge in [-0.05, 0) is 63.8 Å². The molecule has 0 aliphatic carbocycles. The number of likely N-dealkylation sites (tertiary alicyclic amines) is 1. The summed E-state index contributed by atoms with van der Waals surface area (Å²) in [5.74, 6) is -0.373. The topological polar surface area (TPSA) is 98.8 Å². The van der Waals surface area contributed by atoms with Gasteiger partial charge in [0, 0.05) is 31.4 Å². The van der Waals surface area contributed by atoms with Gasteiger partial charge in [-0.15, -0.1) is 0 Å². The van der Waals surface area contributed by atoms with Crippen molar-refractivity contribution in [3.05, 3.63) is 23.8 Å². The second-order valence-corrected chi connectivity index (χ2v) is 9.39. The van der Waals surface area contributed by atoms with E-state index in [2.05, 4.69) is 10.0 Å². The molecule has 0 saturated carbocycles. The maximum Gasteiger partial charge on any atom is 0.324 e. The Morgan fingerprint density at radius 3 is 2.39 bits per heavy atom. The summed E-state index contributed by atoms with van der Waals surface area (Å²) in [4.78, 5) is 28.4. The van der Waals surface area contributed by atoms with Crippen LogP contribution >= 0.6 is 0 Å². The van der Waals surface area contributed by atoms with Crippen molar-refractivity contribution in [3.63, 3.8) is 0 Å². The Morgan fingerprint density at radius 1 is 1.07 bits per heavy atom. The second-order valence-electron chi connectivity index (χ2n) is 7.68. The summed E-state index contributed by atoms with van der Waals surface area (Å²) in [6.07, 6.45) is 2.66. The normalized spacial score (nSPS) is 17.7. The molecule has 1 atom stereocenters. The Morgan fingerprint density at radius 2 is 1.75 bits per heavy atom. The van der Waals surface area contributed by atoms with E-state index in [0.29, 0.717) is 13.0 Å². The average molecular weight is 409 g/mol. The van der Waals surface area contributed by atoms with E-state index in [0.717, 1.165) is 37.2 Å². The summed E-state index contributed by atoms with van der Waals surface area (Å²) in [5.41, 5.74) is 1.59. The third-order valence-electron chi connectivity index (χ3n) is 5.02. The first-order chi connectivity index (χ1) is 13.2. The second kappa shape index (κ2) is 8.08. The number of urea groups is 1. The van der Waals surface area contributed by atoms with Crippen LogP contribution < -0.4 is 14.9 Å². The van der Waals surface area contributed by atoms with Crippen molar-refractivity contribution in [2.75, 3.05) is 24.5 Å². The summed E-state index contributed by atoms with van der Waals surface area (Å²) in [5, 5.41) is 2.69. The van der Waals surface area contributed by atoms with Gasteiger partial charge in [0.25, 0.3) is 0 Å². The quantitative estimate of drug-likeness (QED) is 0.770. The number of rotatable bonds is 5. The van der Waals surface area contributed by atoms with Crippen LogP contribution in [-0.4, -0.2) is 57.0 Å². The van der Waals surface area contributed by atoms with Crippen molar-refractivity contribution in [1.82, 2.24) is 14.9 Å². The molecule has 0 unspecified atom stereocenters. The van der Waals surface area contributed by atoms with Crippen LogP contribution in [0.3, 0.4) is 0 Å². The molecular weight excluding hydrogens is 380 g/mol. The molecule has 1 aromatic carbocycles. The summed E-state index contributed by atoms with van der Waals surface area (Å²) in [7, 11) is -3.84. The molecule has 2 N–H and O–H groups in total. The van der Waals surface area contributed by atoms with Crippen LogP contribution in [0.1, 0.15) is 39.2 Å². The van der Waals surface area contributed by atoms with E-state index in [4.69, 9.17) is 0 Å². The first-order valence-corrected chi connectivity index (χ1v) is 11.2. The van der Waals surface area contributed by atoms with Crippen molar-refractivity contribution in [2.45, 2.75) is 57.0 Å². The molecule has 8 nitrogen and oxygen atoms in total. The third kappa shape index (κ3) is 4.30. The minimum Gasteiger partial charge on any atom is -0.353 e. The molecule has 1 aromatic rings. The molecule has 0 radical (unpaired) electrons. The summed E-state index contributed by atoms with van der Waals surface area (Å²) < 4.78 is 27.8. The van der Waals surface area contributed by atoms with Crippen LogP contribution in [0.2, 0.25) is 0 Å². The van der Waals surface area contributed by atoms with Gasteiger partial charge in [0.1, 0.15) is 0 Å². The third-order valence-corrected chi connectivity index (χ3v) is 6.56. The van der Waals surface area contributed by atoms with E-state index >= 15 is 0 Å². The van der Waals surface area contributed by atoms with Crippen LogP contribution in [0.25, 0.3) is 0 Å². The fraction of sp³-hybridized carbons (Fsp3) is 0.579. The van der Waals surface area contributed by atoms with Crippen LogP contribution in [0.4, 0.5) is 10.5 Å². The lowest BCUT2D eigenvalue weighted by Crippen LogP contribution is -2.46. The molecule has 0 spiro atoms. The van der Waals surface area contributed by atoms with Crippen LogP contribution in [-0.2, 0) is 21.2 Å². The monoisotopic (exact) mass is 408 g/mol. The fourth-order valence-electron chi connectivity index (χ4n) is 3.59. The number of amides is 3. The van der Waals surface area contributed by atoms with Crippen molar-refractivity contribution in [3.8, 4) is 0 Å². The summed E-state index contributed by atoms with van der Waals surface area (Å²) in [6, 6.07) is 3.81. The smallest absolute Gasteiger partial charge is 0.324 e. The van der Waals surface area contributed by atoms with Crippen molar-refractivity contribution >= 4 is 27.6 Å². The van der Waals surface area contributed by atoms with Gasteiger partial charge < -0.3 is 10.2 Å². The van der Waals surface area contributed by atoms with Crippen molar-refractivity contribution in [1.29, 1.82) is 0 Å². The molecule has 2 aliphatic rings. The SMILES string of the molecule is CC(C)NC(=O)[C@H](C)NS(=O)(=O)c1ccc2c(c1)CCN2C(=O)N1CCCC1. The van der Waals surface area contributed by atoms with Gasteiger partial charge in [-0.25, -0.2) is 13.2 Å². The molecular formula is C19H28N4O4S. The molecule has 0 aromatic heterocycles. The molecule has 2 aliphatic heterocycles. The Labute approximate surface area is 166 Å². The van der Waals surface area contributed by atoms with E-state index < -0.39 is 16.1 Å². The lowest BCUT2D eigenvalue weighted by molar-refractivity contribution is -0.122. The van der Waals surface area contributed by atoms with Gasteiger partial charge in [-0.1, -0.05) is 0 Å². The lowest BCUT2D eigenvalue weighted by Gasteiger charge is -2.24. The van der Waals surface area contributed by atoms with Crippen LogP contribution in [0.5, 0.6) is 0 Å². The predicted molar refractivity (Wildman–Crippen MR) is 107 cm³/mol. The average Bonchev–Trinajstić information content (AvgIpc) is 3.29. The Hall–Kier alpha value is -2.13. The minimum absolute atomic E-state index is 0.0102. The standard InChI is InChI=1S/C19H28N4O4S/c1-13(2)20-18(24)14(3)21-28(26,27)16-6-7-17-15(12-16)8-11-23(17)19(25)22-9-4-5-10-22/h6-7,12-14,21H,4-5,8-11H2,1-3H3,(H,20,24)/t14-/m0/s1. The fourth-order valence-corrected chi connectivity index (χ4v) is 4.84. The highest BCUT2D eigenvalue weighted by Crippen LogP contribution is 2.31. The summed E-state index contributed by atoms with van der Waals surface area (Å²) in [6.45, 7) is 7.24. The highest BCUT2D eigenvalue weighted by Gasteiger charge is 2.31. The molecule has 1 fully saturated rings. The molecule has 3 rings (SSSR count). The molecule has 3 amide bonds. The number of anilines is 1. The van der Waals surface area contributed by atoms with E-state index in [-0.39, 0.29) is 22.9 Å². The first-order valence-electron chi connectivity index (χ1n) is 9.71. The van der Waals surface area contributed by atoms with E-state index in [1.807, 2.05) is 18.7 Å². The predicted octanol–water partition coefficient (Wildman–Crippen LogP) is 1.46. The molecule has 154 valence electrons. The molecule has 1 saturated heterocycles. The van der Waals surface area contributed by atoms with E-state index in [9.17, 15) is 18.0 Å². The number of hydrogen-bond acceptors (Lipinski definition) is 4. The number of nitrogens with zero attached hydrogens (tertiary/aromatic N) is 2. The largest absolute Gasteiger partial charge is 0.353 e. The van der Waals surface area contributed by atoms with E-state index in [1.165, 1.54) is 13.0 Å². The Bertz CT molecular complexity index is 863. The first kappa shape index (κ1) is 20.6. The highest BCUT2D eigenvalue weighted by atomic mass is 32.2. The number of sulfonamides is 1.